The number of aliphatic hydroxyl groups is 1. The van der Waals surface area contributed by atoms with Crippen LogP contribution in [0.4, 0.5) is 15.8 Å². The third kappa shape index (κ3) is 5.07. The molecule has 184 valence electrons. The van der Waals surface area contributed by atoms with E-state index < -0.39 is 12.1 Å². The molecule has 2 unspecified atom stereocenters. The number of aromatic amines is 1. The number of rotatable bonds is 8. The maximum atomic E-state index is 13.6. The normalized spacial score (nSPS) is 12.6. The molecule has 0 amide bonds. The van der Waals surface area contributed by atoms with Crippen molar-refractivity contribution in [3.8, 4) is 6.07 Å². The van der Waals surface area contributed by atoms with E-state index in [4.69, 9.17) is 11.6 Å². The number of halogens is 2. The average molecular weight is 514 g/mol. The van der Waals surface area contributed by atoms with Gasteiger partial charge in [0, 0.05) is 17.3 Å². The minimum absolute atomic E-state index is 0.191. The minimum atomic E-state index is -0.467. The first-order valence-electron chi connectivity index (χ1n) is 11.4. The zero-order valence-electron chi connectivity index (χ0n) is 19.4. The summed E-state index contributed by atoms with van der Waals surface area (Å²) < 4.78 is 13.6. The Labute approximate surface area is 216 Å². The summed E-state index contributed by atoms with van der Waals surface area (Å²) in [5.74, 6) is -0.348. The van der Waals surface area contributed by atoms with Crippen molar-refractivity contribution in [2.75, 3.05) is 17.2 Å². The van der Waals surface area contributed by atoms with Gasteiger partial charge in [-0.2, -0.15) is 20.7 Å². The summed E-state index contributed by atoms with van der Waals surface area (Å²) in [7, 11) is 0. The van der Waals surface area contributed by atoms with E-state index in [2.05, 4.69) is 37.1 Å². The number of pyridine rings is 1. The highest BCUT2D eigenvalue weighted by Gasteiger charge is 2.21. The highest BCUT2D eigenvalue weighted by atomic mass is 35.5. The molecule has 5 rings (SSSR count). The van der Waals surface area contributed by atoms with E-state index >= 15 is 0 Å². The number of H-pyrrole nitrogens is 1. The van der Waals surface area contributed by atoms with Gasteiger partial charge in [0.05, 0.1) is 46.7 Å². The van der Waals surface area contributed by atoms with Crippen LogP contribution in [-0.2, 0) is 0 Å². The van der Waals surface area contributed by atoms with Crippen molar-refractivity contribution in [1.82, 2.24) is 20.4 Å². The summed E-state index contributed by atoms with van der Waals surface area (Å²) in [4.78, 5) is 4.40. The van der Waals surface area contributed by atoms with Gasteiger partial charge >= 0.3 is 0 Å². The molecule has 8 nitrogen and oxygen atoms in total. The van der Waals surface area contributed by atoms with Crippen LogP contribution in [0.2, 0.25) is 5.02 Å². The largest absolute Gasteiger partial charge is 0.394 e. The Kier molecular flexibility index (Phi) is 6.94. The van der Waals surface area contributed by atoms with Crippen LogP contribution >= 0.6 is 11.6 Å². The summed E-state index contributed by atoms with van der Waals surface area (Å²) in [6.07, 6.45) is 3.04. The first-order chi connectivity index (χ1) is 18.1. The lowest BCUT2D eigenvalue weighted by atomic mass is 10.0. The molecule has 0 fully saturated rings. The van der Waals surface area contributed by atoms with Gasteiger partial charge in [0.1, 0.15) is 17.6 Å². The van der Waals surface area contributed by atoms with Crippen LogP contribution in [0.5, 0.6) is 0 Å². The first-order valence-corrected chi connectivity index (χ1v) is 11.8. The van der Waals surface area contributed by atoms with Crippen molar-refractivity contribution in [3.63, 3.8) is 0 Å². The van der Waals surface area contributed by atoms with Crippen LogP contribution in [0.25, 0.3) is 10.9 Å². The van der Waals surface area contributed by atoms with Crippen molar-refractivity contribution in [1.29, 1.82) is 5.26 Å². The van der Waals surface area contributed by atoms with Crippen molar-refractivity contribution >= 4 is 33.9 Å². The molecule has 5 aromatic rings. The minimum Gasteiger partial charge on any atom is -0.394 e. The predicted octanol–water partition coefficient (Wildman–Crippen LogP) is 5.36. The molecule has 2 atom stereocenters. The topological polar surface area (TPSA) is 123 Å². The van der Waals surface area contributed by atoms with Gasteiger partial charge in [-0.15, -0.1) is 0 Å². The molecule has 3 aromatic carbocycles. The van der Waals surface area contributed by atoms with E-state index in [9.17, 15) is 14.8 Å². The summed E-state index contributed by atoms with van der Waals surface area (Å²) in [6.45, 7) is -0.191. The predicted molar refractivity (Wildman–Crippen MR) is 140 cm³/mol. The summed E-state index contributed by atoms with van der Waals surface area (Å²) in [6, 6.07) is 20.3. The standard InChI is InChI=1S/C27H21ClFN7O/c28-22-11-20(33-26(23-14-32-36-35-23)17-6-8-19(29)9-7-17)10-21-25(18(12-30)13-31-27(21)22)34-24(15-37)16-4-2-1-3-5-16/h1-11,13-14,24,26,33,37H,15H2,(H,31,34)(H,32,35,36). The average Bonchev–Trinajstić information content (AvgIpc) is 3.46. The van der Waals surface area contributed by atoms with Gasteiger partial charge in [-0.05, 0) is 35.4 Å². The molecule has 0 spiro atoms. The number of aromatic nitrogens is 4. The molecule has 2 aromatic heterocycles. The molecule has 37 heavy (non-hydrogen) atoms. The van der Waals surface area contributed by atoms with Gasteiger partial charge in [-0.3, -0.25) is 4.98 Å². The maximum Gasteiger partial charge on any atom is 0.123 e. The maximum absolute atomic E-state index is 13.6. The molecule has 0 saturated carbocycles. The molecule has 4 N–H and O–H groups in total. The summed E-state index contributed by atoms with van der Waals surface area (Å²) >= 11 is 6.65. The first kappa shape index (κ1) is 24.2. The van der Waals surface area contributed by atoms with Gasteiger partial charge in [0.15, 0.2) is 0 Å². The Bertz CT molecular complexity index is 1550. The fourth-order valence-electron chi connectivity index (χ4n) is 4.18. The van der Waals surface area contributed by atoms with Gasteiger partial charge in [-0.25, -0.2) is 4.39 Å². The molecule has 10 heteroatoms. The van der Waals surface area contributed by atoms with E-state index in [0.29, 0.717) is 38.6 Å². The number of nitrogens with zero attached hydrogens (tertiary/aromatic N) is 4. The third-order valence-electron chi connectivity index (χ3n) is 5.99. The molecule has 0 aliphatic carbocycles. The second-order valence-electron chi connectivity index (χ2n) is 8.33. The van der Waals surface area contributed by atoms with Crippen LogP contribution in [0.1, 0.15) is 34.5 Å². The van der Waals surface area contributed by atoms with Crippen LogP contribution in [0.15, 0.2) is 79.1 Å². The van der Waals surface area contributed by atoms with Crippen molar-refractivity contribution in [2.45, 2.75) is 12.1 Å². The molecule has 0 saturated heterocycles. The Morgan fingerprint density at radius 2 is 1.81 bits per heavy atom. The van der Waals surface area contributed by atoms with Crippen molar-refractivity contribution in [2.24, 2.45) is 0 Å². The second kappa shape index (κ2) is 10.6. The number of anilines is 2. The molecular formula is C27H21ClFN7O. The molecule has 0 aliphatic heterocycles. The van der Waals surface area contributed by atoms with E-state index in [1.807, 2.05) is 36.4 Å². The van der Waals surface area contributed by atoms with Gasteiger partial charge < -0.3 is 15.7 Å². The van der Waals surface area contributed by atoms with Crippen molar-refractivity contribution < 1.29 is 9.50 Å². The molecule has 0 bridgehead atoms. The molecule has 2 heterocycles. The number of benzene rings is 3. The quantitative estimate of drug-likeness (QED) is 0.220. The number of nitrogens with one attached hydrogen (secondary N) is 3. The summed E-state index contributed by atoms with van der Waals surface area (Å²) in [5, 5.41) is 38.3. The number of hydrogen-bond acceptors (Lipinski definition) is 7. The molecular weight excluding hydrogens is 493 g/mol. The zero-order valence-corrected chi connectivity index (χ0v) is 20.1. The lowest BCUT2D eigenvalue weighted by Crippen LogP contribution is -2.16. The highest BCUT2D eigenvalue weighted by Crippen LogP contribution is 2.36. The Morgan fingerprint density at radius 1 is 1.03 bits per heavy atom. The number of nitriles is 1. The van der Waals surface area contributed by atoms with Gasteiger partial charge in [0.2, 0.25) is 0 Å². The van der Waals surface area contributed by atoms with Crippen LogP contribution in [0, 0.1) is 17.1 Å². The van der Waals surface area contributed by atoms with Crippen LogP contribution in [-0.4, -0.2) is 32.1 Å². The number of aliphatic hydroxyl groups excluding tert-OH is 1. The Morgan fingerprint density at radius 3 is 2.49 bits per heavy atom. The number of fused-ring (bicyclic) bond motifs is 1. The van der Waals surface area contributed by atoms with Gasteiger partial charge in [-0.1, -0.05) is 54.1 Å². The summed E-state index contributed by atoms with van der Waals surface area (Å²) in [5.41, 5.74) is 4.14. The molecule has 0 radical (unpaired) electrons. The fourth-order valence-corrected chi connectivity index (χ4v) is 4.44. The van der Waals surface area contributed by atoms with E-state index in [-0.39, 0.29) is 12.4 Å². The SMILES string of the molecule is N#Cc1cnc2c(Cl)cc(NC(c3ccc(F)cc3)c3cn[nH]n3)cc2c1NC(CO)c1ccccc1. The highest BCUT2D eigenvalue weighted by molar-refractivity contribution is 6.35. The molecule has 0 aliphatic rings. The van der Waals surface area contributed by atoms with Crippen LogP contribution < -0.4 is 10.6 Å². The second-order valence-corrected chi connectivity index (χ2v) is 8.73. The lowest BCUT2D eigenvalue weighted by Gasteiger charge is -2.22. The Hall–Kier alpha value is -4.52. The monoisotopic (exact) mass is 513 g/mol. The van der Waals surface area contributed by atoms with Crippen LogP contribution in [0.3, 0.4) is 0 Å². The Balaban J connectivity index is 1.59. The van der Waals surface area contributed by atoms with Crippen molar-refractivity contribution in [3.05, 3.63) is 112 Å². The fraction of sp³-hybridized carbons (Fsp3) is 0.111. The lowest BCUT2D eigenvalue weighted by molar-refractivity contribution is 0.276. The smallest absolute Gasteiger partial charge is 0.123 e. The van der Waals surface area contributed by atoms with E-state index in [1.165, 1.54) is 18.3 Å². The van der Waals surface area contributed by atoms with Gasteiger partial charge in [0.25, 0.3) is 0 Å². The number of hydrogen-bond donors (Lipinski definition) is 4. The van der Waals surface area contributed by atoms with E-state index in [0.717, 1.165) is 11.1 Å². The zero-order chi connectivity index (χ0) is 25.8. The van der Waals surface area contributed by atoms with E-state index in [1.54, 1.807) is 24.4 Å². The third-order valence-corrected chi connectivity index (χ3v) is 6.28.